The van der Waals surface area contributed by atoms with Crippen molar-refractivity contribution in [1.82, 2.24) is 0 Å². The molecule has 3 heteroatoms. The van der Waals surface area contributed by atoms with Crippen molar-refractivity contribution in [3.8, 4) is 0 Å². The van der Waals surface area contributed by atoms with E-state index in [0.717, 1.165) is 16.0 Å². The molecule has 0 aliphatic heterocycles. The standard InChI is InChI=1S/C5H5.2C2H5.5CH3.NO.W/c1-2-4-5-3-1;2*1-2;;;;;;1-2;/h1-3H,4H2;2*1H2,2H3;5*1H3;;/q;;;;;;;;-1;+1. The predicted molar refractivity (Wildman–Crippen MR) is 77.9 cm³/mol. The van der Waals surface area contributed by atoms with E-state index >= 15 is 0 Å². The third-order valence-electron chi connectivity index (χ3n) is 6.89. The molecule has 103 valence electrons. The van der Waals surface area contributed by atoms with Gasteiger partial charge in [-0.25, -0.2) is 0 Å². The summed E-state index contributed by atoms with van der Waals surface area (Å²) in [5, 5.41) is 11.0. The first-order chi connectivity index (χ1) is 7.00. The molecule has 1 aliphatic carbocycles. The Bertz CT molecular complexity index is 544. The Balaban J connectivity index is 4.25. The molecule has 0 amide bonds. The van der Waals surface area contributed by atoms with Crippen LogP contribution in [0, 0.1) is 4.91 Å². The van der Waals surface area contributed by atoms with Crippen LogP contribution in [0.2, 0.25) is 36.2 Å². The van der Waals surface area contributed by atoms with Gasteiger partial charge in [0.05, 0.1) is 0 Å². The van der Waals surface area contributed by atoms with E-state index in [0.29, 0.717) is 0 Å². The van der Waals surface area contributed by atoms with Gasteiger partial charge in [-0.15, -0.1) is 0 Å². The number of nitroso groups, excluding NO2 is 1. The van der Waals surface area contributed by atoms with Gasteiger partial charge >= 0.3 is 97.3 Å². The molecule has 0 aromatic carbocycles. The van der Waals surface area contributed by atoms with Crippen molar-refractivity contribution in [3.05, 3.63) is 27.1 Å². The Kier molecular flexibility index (Phi) is 1.43. The molecule has 0 heterocycles. The fourth-order valence-electron chi connectivity index (χ4n) is 2.19. The first-order valence-electron chi connectivity index (χ1n) is 6.32. The number of allylic oxidation sites excluding steroid dienone is 4. The Morgan fingerprint density at radius 3 is 1.82 bits per heavy atom. The third-order valence-corrected chi connectivity index (χ3v) is 52.2. The first-order valence-corrected chi connectivity index (χ1v) is 27.9. The van der Waals surface area contributed by atoms with Crippen molar-refractivity contribution in [3.63, 3.8) is 0 Å². The summed E-state index contributed by atoms with van der Waals surface area (Å²) in [6.45, 7) is 4.27. The third kappa shape index (κ3) is 1.37. The van der Waals surface area contributed by atoms with Crippen LogP contribution < -0.4 is 0 Å². The Morgan fingerprint density at radius 2 is 1.59 bits per heavy atom. The van der Waals surface area contributed by atoms with E-state index in [-0.39, 0.29) is 0 Å². The molecule has 0 radical (unpaired) electrons. The predicted octanol–water partition coefficient (Wildman–Crippen LogP) is 6.46. The van der Waals surface area contributed by atoms with E-state index in [1.807, 2.05) is 0 Å². The van der Waals surface area contributed by atoms with Crippen LogP contribution in [0.25, 0.3) is 0 Å². The van der Waals surface area contributed by atoms with Crippen molar-refractivity contribution in [2.24, 2.45) is 3.74 Å². The van der Waals surface area contributed by atoms with Gasteiger partial charge in [0.15, 0.2) is 0 Å². The second kappa shape index (κ2) is 1.64. The molecule has 0 aromatic heterocycles. The van der Waals surface area contributed by atoms with Gasteiger partial charge in [0.1, 0.15) is 0 Å². The van der Waals surface area contributed by atoms with Gasteiger partial charge < -0.3 is 0 Å². The van der Waals surface area contributed by atoms with Crippen LogP contribution in [0.4, 0.5) is 0 Å². The van der Waals surface area contributed by atoms with Gasteiger partial charge in [0, 0.05) is 0 Å². The summed E-state index contributed by atoms with van der Waals surface area (Å²) in [7, 11) is -5.55. The molecule has 0 atom stereocenters. The molecule has 0 aromatic rings. The molecule has 0 fully saturated rings. The minimum atomic E-state index is -5.55. The summed E-state index contributed by atoms with van der Waals surface area (Å²) < 4.78 is 5.35. The van der Waals surface area contributed by atoms with Crippen molar-refractivity contribution < 1.29 is 10.1 Å². The van der Waals surface area contributed by atoms with Crippen LogP contribution >= 0.6 is 0 Å². The molecule has 0 unspecified atom stereocenters. The van der Waals surface area contributed by atoms with Gasteiger partial charge in [-0.1, -0.05) is 0 Å². The number of rotatable bonds is 4. The second-order valence-electron chi connectivity index (χ2n) is 11.7. The molecular formula is C14H30NOW. The topological polar surface area (TPSA) is 29.4 Å². The monoisotopic (exact) mass is 412 g/mol. The summed E-state index contributed by atoms with van der Waals surface area (Å²) in [4.78, 5) is 14.0. The van der Waals surface area contributed by atoms with E-state index in [9.17, 15) is 4.91 Å². The summed E-state index contributed by atoms with van der Waals surface area (Å²) in [5.74, 6) is 0. The molecule has 1 rings (SSSR count). The molecule has 0 saturated carbocycles. The van der Waals surface area contributed by atoms with Crippen molar-refractivity contribution in [2.75, 3.05) is 0 Å². The fourth-order valence-corrected chi connectivity index (χ4v) is 15.5. The number of nitrogens with zero attached hydrogens (tertiary/aromatic N) is 1. The van der Waals surface area contributed by atoms with Crippen LogP contribution in [0.1, 0.15) is 20.3 Å². The van der Waals surface area contributed by atoms with Gasteiger partial charge in [-0.05, 0) is 0 Å². The Morgan fingerprint density at radius 1 is 1.12 bits per heavy atom. The van der Waals surface area contributed by atoms with Crippen molar-refractivity contribution >= 4 is 0 Å². The molecule has 0 N–H and O–H groups in total. The first kappa shape index (κ1) is 14.8. The quantitative estimate of drug-likeness (QED) is 0.488. The van der Waals surface area contributed by atoms with Gasteiger partial charge in [0.25, 0.3) is 0 Å². The van der Waals surface area contributed by atoms with Gasteiger partial charge in [0.2, 0.25) is 0 Å². The van der Waals surface area contributed by atoms with Crippen LogP contribution in [0.3, 0.4) is 0 Å². The van der Waals surface area contributed by atoms with E-state index in [1.54, 1.807) is 0 Å². The Labute approximate surface area is 97.2 Å². The number of hydrogen-bond acceptors (Lipinski definition) is 2. The number of hydrogen-bond donors (Lipinski definition) is 0. The fraction of sp³-hybridized carbons (Fsp3) is 0.714. The molecule has 17 heavy (non-hydrogen) atoms. The van der Waals surface area contributed by atoms with E-state index in [2.05, 4.69) is 62.4 Å². The average Bonchev–Trinajstić information content (AvgIpc) is 2.75. The van der Waals surface area contributed by atoms with Gasteiger partial charge in [-0.3, -0.25) is 0 Å². The van der Waals surface area contributed by atoms with Crippen LogP contribution in [0.15, 0.2) is 25.9 Å². The van der Waals surface area contributed by atoms with E-state index in [1.165, 1.54) is 3.96 Å². The van der Waals surface area contributed by atoms with Crippen molar-refractivity contribution in [1.29, 1.82) is 0 Å². The molecule has 0 saturated heterocycles. The van der Waals surface area contributed by atoms with Crippen LogP contribution in [-0.2, 0) is 10.1 Å². The van der Waals surface area contributed by atoms with E-state index < -0.39 is 10.1 Å². The summed E-state index contributed by atoms with van der Waals surface area (Å²) in [6.07, 6.45) is 7.20. The summed E-state index contributed by atoms with van der Waals surface area (Å²) >= 11 is 0. The maximum atomic E-state index is 12.4. The van der Waals surface area contributed by atoms with Crippen molar-refractivity contribution in [2.45, 2.75) is 56.5 Å². The zero-order chi connectivity index (χ0) is 13.9. The summed E-state index contributed by atoms with van der Waals surface area (Å²) in [6, 6.07) is 0. The molecule has 0 bridgehead atoms. The molecule has 2 nitrogen and oxygen atoms in total. The van der Waals surface area contributed by atoms with Gasteiger partial charge in [-0.2, -0.15) is 0 Å². The second-order valence-corrected chi connectivity index (χ2v) is 88.3. The zero-order valence-electron chi connectivity index (χ0n) is 12.6. The van der Waals surface area contributed by atoms with Crippen LogP contribution in [-0.4, -0.2) is 0 Å². The SMILES string of the molecule is C[CH2][W]([CH3])([CH3])([CH3])([CH3])([CH3])([CH2]C)([N]=O)[C]1=CC=CC1. The summed E-state index contributed by atoms with van der Waals surface area (Å²) in [5.41, 5.74) is 0. The minimum absolute atomic E-state index is 0.794. The van der Waals surface area contributed by atoms with E-state index in [4.69, 9.17) is 0 Å². The average molecular weight is 412 g/mol. The zero-order valence-corrected chi connectivity index (χ0v) is 15.6. The molecular weight excluding hydrogens is 382 g/mol. The Hall–Kier alpha value is -0.232. The maximum absolute atomic E-state index is 12.4. The molecule has 1 aliphatic rings. The normalized spacial score (nSPS) is 28.6. The molecule has 0 spiro atoms. The van der Waals surface area contributed by atoms with Crippen LogP contribution in [0.5, 0.6) is 0 Å².